The second kappa shape index (κ2) is 6.12. The lowest BCUT2D eigenvalue weighted by molar-refractivity contribution is -0.00597. The Morgan fingerprint density at radius 2 is 1.94 bits per heavy atom. The number of hydrogen-bond acceptors (Lipinski definition) is 2. The van der Waals surface area contributed by atoms with E-state index in [2.05, 4.69) is 0 Å². The Kier molecular flexibility index (Phi) is 5.09. The second-order valence-electron chi connectivity index (χ2n) is 5.31. The van der Waals surface area contributed by atoms with Crippen molar-refractivity contribution in [3.05, 3.63) is 35.6 Å². The Morgan fingerprint density at radius 1 is 1.29 bits per heavy atom. The van der Waals surface area contributed by atoms with Crippen molar-refractivity contribution >= 4 is 0 Å². The molecule has 0 aliphatic rings. The Morgan fingerprint density at radius 3 is 2.53 bits per heavy atom. The summed E-state index contributed by atoms with van der Waals surface area (Å²) in [5.74, 6) is -0.181. The first kappa shape index (κ1) is 14.1. The van der Waals surface area contributed by atoms with E-state index in [0.717, 1.165) is 6.42 Å². The Labute approximate surface area is 103 Å². The molecule has 0 amide bonds. The van der Waals surface area contributed by atoms with E-state index in [-0.39, 0.29) is 17.5 Å². The van der Waals surface area contributed by atoms with E-state index in [1.54, 1.807) is 12.1 Å². The molecular weight excluding hydrogens is 217 g/mol. The third kappa shape index (κ3) is 5.80. The quantitative estimate of drug-likeness (QED) is 0.857. The number of halogens is 1. The number of nitrogens with two attached hydrogens (primary N) is 1. The summed E-state index contributed by atoms with van der Waals surface area (Å²) < 4.78 is 19.0. The van der Waals surface area contributed by atoms with Crippen molar-refractivity contribution in [2.75, 3.05) is 6.61 Å². The summed E-state index contributed by atoms with van der Waals surface area (Å²) in [4.78, 5) is 0. The van der Waals surface area contributed by atoms with Gasteiger partial charge in [0.2, 0.25) is 0 Å². The summed E-state index contributed by atoms with van der Waals surface area (Å²) in [6.45, 7) is 6.64. The highest BCUT2D eigenvalue weighted by Crippen LogP contribution is 2.11. The fourth-order valence-electron chi connectivity index (χ4n) is 1.56. The van der Waals surface area contributed by atoms with Crippen LogP contribution in [0.4, 0.5) is 4.39 Å². The summed E-state index contributed by atoms with van der Waals surface area (Å²) >= 11 is 0. The fraction of sp³-hybridized carbons (Fsp3) is 0.571. The number of hydrogen-bond donors (Lipinski definition) is 1. The molecule has 0 saturated carbocycles. The molecule has 1 aromatic carbocycles. The van der Waals surface area contributed by atoms with E-state index in [0.29, 0.717) is 18.6 Å². The van der Waals surface area contributed by atoms with Crippen LogP contribution < -0.4 is 5.73 Å². The molecule has 1 aromatic rings. The Balaban J connectivity index is 2.35. The molecule has 0 aromatic heterocycles. The summed E-state index contributed by atoms with van der Waals surface area (Å²) in [6, 6.07) is 6.70. The minimum Gasteiger partial charge on any atom is -0.376 e. The van der Waals surface area contributed by atoms with Crippen molar-refractivity contribution in [2.45, 2.75) is 45.3 Å². The van der Waals surface area contributed by atoms with Crippen LogP contribution in [0.3, 0.4) is 0 Å². The maximum atomic E-state index is 13.4. The van der Waals surface area contributed by atoms with E-state index >= 15 is 0 Å². The lowest BCUT2D eigenvalue weighted by atomic mass is 10.0. The zero-order valence-corrected chi connectivity index (χ0v) is 10.9. The molecule has 96 valence electrons. The van der Waals surface area contributed by atoms with Gasteiger partial charge in [-0.05, 0) is 45.2 Å². The fourth-order valence-corrected chi connectivity index (χ4v) is 1.56. The van der Waals surface area contributed by atoms with E-state index in [1.807, 2.05) is 26.8 Å². The van der Waals surface area contributed by atoms with Gasteiger partial charge in [-0.25, -0.2) is 4.39 Å². The molecule has 0 saturated heterocycles. The highest BCUT2D eigenvalue weighted by atomic mass is 19.1. The van der Waals surface area contributed by atoms with Crippen molar-refractivity contribution in [3.63, 3.8) is 0 Å². The molecule has 1 atom stereocenters. The predicted octanol–water partition coefficient (Wildman–Crippen LogP) is 2.90. The van der Waals surface area contributed by atoms with Crippen LogP contribution in [-0.2, 0) is 11.2 Å². The SMILES string of the molecule is CC(C)(C)OCCC(N)Cc1ccccc1F. The van der Waals surface area contributed by atoms with Gasteiger partial charge in [0.1, 0.15) is 5.82 Å². The molecule has 2 nitrogen and oxygen atoms in total. The zero-order chi connectivity index (χ0) is 12.9. The lowest BCUT2D eigenvalue weighted by Gasteiger charge is -2.21. The normalized spacial score (nSPS) is 13.7. The molecule has 0 heterocycles. The van der Waals surface area contributed by atoms with Gasteiger partial charge < -0.3 is 10.5 Å². The van der Waals surface area contributed by atoms with Gasteiger partial charge >= 0.3 is 0 Å². The third-order valence-corrected chi connectivity index (χ3v) is 2.46. The van der Waals surface area contributed by atoms with E-state index in [4.69, 9.17) is 10.5 Å². The van der Waals surface area contributed by atoms with Crippen molar-refractivity contribution in [2.24, 2.45) is 5.73 Å². The van der Waals surface area contributed by atoms with Crippen LogP contribution in [-0.4, -0.2) is 18.2 Å². The monoisotopic (exact) mass is 239 g/mol. The number of rotatable bonds is 5. The lowest BCUT2D eigenvalue weighted by Crippen LogP contribution is -2.28. The number of benzene rings is 1. The van der Waals surface area contributed by atoms with Crippen molar-refractivity contribution in [1.82, 2.24) is 0 Å². The molecule has 0 aliphatic heterocycles. The topological polar surface area (TPSA) is 35.2 Å². The average Bonchev–Trinajstić information content (AvgIpc) is 2.19. The highest BCUT2D eigenvalue weighted by Gasteiger charge is 2.12. The molecule has 0 spiro atoms. The molecule has 2 N–H and O–H groups in total. The first-order valence-corrected chi connectivity index (χ1v) is 6.01. The molecule has 1 unspecified atom stereocenters. The third-order valence-electron chi connectivity index (χ3n) is 2.46. The first-order chi connectivity index (χ1) is 7.88. The summed E-state index contributed by atoms with van der Waals surface area (Å²) in [5.41, 5.74) is 6.49. The van der Waals surface area contributed by atoms with Gasteiger partial charge in [0.15, 0.2) is 0 Å². The number of ether oxygens (including phenoxy) is 1. The van der Waals surface area contributed by atoms with Crippen LogP contribution in [0.2, 0.25) is 0 Å². The maximum Gasteiger partial charge on any atom is 0.126 e. The van der Waals surface area contributed by atoms with Crippen molar-refractivity contribution in [1.29, 1.82) is 0 Å². The van der Waals surface area contributed by atoms with Gasteiger partial charge in [0, 0.05) is 12.6 Å². The smallest absolute Gasteiger partial charge is 0.126 e. The summed E-state index contributed by atoms with van der Waals surface area (Å²) in [7, 11) is 0. The highest BCUT2D eigenvalue weighted by molar-refractivity contribution is 5.18. The van der Waals surface area contributed by atoms with Gasteiger partial charge in [0.05, 0.1) is 5.60 Å². The van der Waals surface area contributed by atoms with Crippen LogP contribution in [0, 0.1) is 5.82 Å². The largest absolute Gasteiger partial charge is 0.376 e. The second-order valence-corrected chi connectivity index (χ2v) is 5.31. The molecule has 0 bridgehead atoms. The molecular formula is C14H22FNO. The van der Waals surface area contributed by atoms with E-state index in [1.165, 1.54) is 6.07 Å². The van der Waals surface area contributed by atoms with Gasteiger partial charge in [-0.15, -0.1) is 0 Å². The summed E-state index contributed by atoms with van der Waals surface area (Å²) in [5, 5.41) is 0. The zero-order valence-electron chi connectivity index (χ0n) is 10.9. The molecule has 1 rings (SSSR count). The van der Waals surface area contributed by atoms with Crippen molar-refractivity contribution < 1.29 is 9.13 Å². The van der Waals surface area contributed by atoms with Gasteiger partial charge in [0.25, 0.3) is 0 Å². The van der Waals surface area contributed by atoms with E-state index in [9.17, 15) is 4.39 Å². The van der Waals surface area contributed by atoms with Crippen LogP contribution in [0.5, 0.6) is 0 Å². The molecule has 0 radical (unpaired) electrons. The average molecular weight is 239 g/mol. The van der Waals surface area contributed by atoms with Crippen LogP contribution in [0.15, 0.2) is 24.3 Å². The maximum absolute atomic E-state index is 13.4. The van der Waals surface area contributed by atoms with E-state index < -0.39 is 0 Å². The van der Waals surface area contributed by atoms with Crippen LogP contribution >= 0.6 is 0 Å². The molecule has 3 heteroatoms. The standard InChI is InChI=1S/C14H22FNO/c1-14(2,3)17-9-8-12(16)10-11-6-4-5-7-13(11)15/h4-7,12H,8-10,16H2,1-3H3. The Bertz CT molecular complexity index is 346. The van der Waals surface area contributed by atoms with Gasteiger partial charge in [-0.2, -0.15) is 0 Å². The van der Waals surface area contributed by atoms with Crippen LogP contribution in [0.1, 0.15) is 32.8 Å². The minimum absolute atomic E-state index is 0.0609. The summed E-state index contributed by atoms with van der Waals surface area (Å²) in [6.07, 6.45) is 1.30. The molecule has 0 aliphatic carbocycles. The van der Waals surface area contributed by atoms with Gasteiger partial charge in [-0.3, -0.25) is 0 Å². The molecule has 17 heavy (non-hydrogen) atoms. The molecule has 0 fully saturated rings. The van der Waals surface area contributed by atoms with Crippen LogP contribution in [0.25, 0.3) is 0 Å². The minimum atomic E-state index is -0.181. The predicted molar refractivity (Wildman–Crippen MR) is 68.4 cm³/mol. The van der Waals surface area contributed by atoms with Gasteiger partial charge in [-0.1, -0.05) is 18.2 Å². The van der Waals surface area contributed by atoms with Crippen molar-refractivity contribution in [3.8, 4) is 0 Å². The Hall–Kier alpha value is -0.930. The first-order valence-electron chi connectivity index (χ1n) is 6.01.